The Morgan fingerprint density at radius 1 is 1.38 bits per heavy atom. The van der Waals surface area contributed by atoms with Gasteiger partial charge in [0.2, 0.25) is 5.91 Å². The number of amides is 1. The van der Waals surface area contributed by atoms with Crippen LogP contribution in [0.5, 0.6) is 0 Å². The summed E-state index contributed by atoms with van der Waals surface area (Å²) in [5.74, 6) is 2.36. The molecule has 2 fully saturated rings. The van der Waals surface area contributed by atoms with Crippen LogP contribution in [0.3, 0.4) is 0 Å². The molecule has 0 heterocycles. The van der Waals surface area contributed by atoms with Crippen molar-refractivity contribution in [3.05, 3.63) is 0 Å². The van der Waals surface area contributed by atoms with Crippen LogP contribution in [-0.4, -0.2) is 24.2 Å². The third-order valence-corrected chi connectivity index (χ3v) is 4.21. The summed E-state index contributed by atoms with van der Waals surface area (Å²) in [5.41, 5.74) is 0. The van der Waals surface area contributed by atoms with E-state index in [2.05, 4.69) is 12.2 Å². The van der Waals surface area contributed by atoms with Gasteiger partial charge in [0.15, 0.2) is 0 Å². The van der Waals surface area contributed by atoms with Gasteiger partial charge in [-0.25, -0.2) is 0 Å². The van der Waals surface area contributed by atoms with Crippen LogP contribution in [0.4, 0.5) is 0 Å². The number of hydrogen-bond acceptors (Lipinski definition) is 2. The van der Waals surface area contributed by atoms with Crippen molar-refractivity contribution >= 4 is 5.91 Å². The molecule has 3 unspecified atom stereocenters. The Bertz CT molecular complexity index is 242. The van der Waals surface area contributed by atoms with E-state index >= 15 is 0 Å². The zero-order valence-corrected chi connectivity index (χ0v) is 10.1. The molecule has 2 saturated carbocycles. The van der Waals surface area contributed by atoms with Crippen LogP contribution in [0.2, 0.25) is 0 Å². The van der Waals surface area contributed by atoms with E-state index < -0.39 is 0 Å². The summed E-state index contributed by atoms with van der Waals surface area (Å²) in [7, 11) is 0. The zero-order chi connectivity index (χ0) is 11.5. The fraction of sp³-hybridized carbons (Fsp3) is 0.923. The molecule has 3 atom stereocenters. The predicted molar refractivity (Wildman–Crippen MR) is 62.8 cm³/mol. The lowest BCUT2D eigenvalue weighted by atomic mass is 10.0. The van der Waals surface area contributed by atoms with Crippen LogP contribution < -0.4 is 5.32 Å². The van der Waals surface area contributed by atoms with E-state index in [9.17, 15) is 4.79 Å². The third-order valence-electron chi connectivity index (χ3n) is 4.21. The number of rotatable bonds is 5. The second-order valence-corrected chi connectivity index (χ2v) is 5.50. The molecule has 0 saturated heterocycles. The minimum Gasteiger partial charge on any atom is -0.396 e. The first kappa shape index (κ1) is 11.9. The first-order valence-electron chi connectivity index (χ1n) is 6.62. The number of hydrogen-bond donors (Lipinski definition) is 2. The number of carbonyl (C=O) groups is 1. The summed E-state index contributed by atoms with van der Waals surface area (Å²) in [6, 6.07) is 0. The Hall–Kier alpha value is -0.570. The van der Waals surface area contributed by atoms with Gasteiger partial charge >= 0.3 is 0 Å². The molecule has 0 aromatic carbocycles. The average Bonchev–Trinajstić information content (AvgIpc) is 3.00. The van der Waals surface area contributed by atoms with Crippen molar-refractivity contribution in [3.8, 4) is 0 Å². The van der Waals surface area contributed by atoms with E-state index in [1.54, 1.807) is 0 Å². The molecule has 3 nitrogen and oxygen atoms in total. The van der Waals surface area contributed by atoms with Gasteiger partial charge in [-0.05, 0) is 37.0 Å². The lowest BCUT2D eigenvalue weighted by Crippen LogP contribution is -2.30. The number of aliphatic hydroxyl groups is 1. The van der Waals surface area contributed by atoms with Gasteiger partial charge in [0.1, 0.15) is 0 Å². The minimum absolute atomic E-state index is 0.214. The average molecular weight is 225 g/mol. The van der Waals surface area contributed by atoms with E-state index in [1.165, 1.54) is 25.7 Å². The molecule has 2 rings (SSSR count). The largest absolute Gasteiger partial charge is 0.396 e. The molecule has 3 heteroatoms. The monoisotopic (exact) mass is 225 g/mol. The normalized spacial score (nSPS) is 34.0. The van der Waals surface area contributed by atoms with E-state index in [1.807, 2.05) is 0 Å². The lowest BCUT2D eigenvalue weighted by Gasteiger charge is -2.10. The predicted octanol–water partition coefficient (Wildman–Crippen LogP) is 1.56. The van der Waals surface area contributed by atoms with Crippen LogP contribution in [-0.2, 0) is 4.79 Å². The summed E-state index contributed by atoms with van der Waals surface area (Å²) >= 11 is 0. The summed E-state index contributed by atoms with van der Waals surface area (Å²) in [5, 5.41) is 11.8. The van der Waals surface area contributed by atoms with Gasteiger partial charge in [0.05, 0.1) is 0 Å². The molecule has 0 radical (unpaired) electrons. The third kappa shape index (κ3) is 2.57. The van der Waals surface area contributed by atoms with Crippen molar-refractivity contribution < 1.29 is 9.90 Å². The molecule has 2 aliphatic rings. The fourth-order valence-corrected chi connectivity index (χ4v) is 3.10. The number of aliphatic hydroxyl groups excluding tert-OH is 1. The van der Waals surface area contributed by atoms with Crippen molar-refractivity contribution in [3.63, 3.8) is 0 Å². The van der Waals surface area contributed by atoms with Gasteiger partial charge in [-0.15, -0.1) is 0 Å². The quantitative estimate of drug-likeness (QED) is 0.746. The fourth-order valence-electron chi connectivity index (χ4n) is 3.10. The van der Waals surface area contributed by atoms with E-state index in [-0.39, 0.29) is 12.5 Å². The maximum absolute atomic E-state index is 11.9. The molecule has 0 aliphatic heterocycles. The lowest BCUT2D eigenvalue weighted by molar-refractivity contribution is -0.123. The number of nitrogens with one attached hydrogen (secondary N) is 1. The summed E-state index contributed by atoms with van der Waals surface area (Å²) in [4.78, 5) is 11.9. The van der Waals surface area contributed by atoms with Crippen molar-refractivity contribution in [1.82, 2.24) is 5.32 Å². The van der Waals surface area contributed by atoms with Gasteiger partial charge < -0.3 is 10.4 Å². The van der Waals surface area contributed by atoms with Crippen molar-refractivity contribution in [2.75, 3.05) is 13.2 Å². The Morgan fingerprint density at radius 3 is 2.56 bits per heavy atom. The molecule has 0 aromatic rings. The highest BCUT2D eigenvalue weighted by Gasteiger charge is 2.54. The summed E-state index contributed by atoms with van der Waals surface area (Å²) < 4.78 is 0. The number of fused-ring (bicyclic) bond motifs is 1. The zero-order valence-electron chi connectivity index (χ0n) is 10.1. The van der Waals surface area contributed by atoms with Crippen LogP contribution in [0.1, 0.15) is 39.0 Å². The van der Waals surface area contributed by atoms with Gasteiger partial charge in [-0.1, -0.05) is 19.8 Å². The minimum atomic E-state index is 0.214. The Labute approximate surface area is 97.6 Å². The topological polar surface area (TPSA) is 49.3 Å². The second-order valence-electron chi connectivity index (χ2n) is 5.50. The first-order valence-corrected chi connectivity index (χ1v) is 6.62. The standard InChI is InChI=1S/C13H23NO2/c1-9(6-7-15)8-14-13(16)12-10-4-2-3-5-11(10)12/h9-12,15H,2-8H2,1H3,(H,14,16). The molecule has 92 valence electrons. The molecule has 1 amide bonds. The molecule has 0 bridgehead atoms. The molecule has 2 N–H and O–H groups in total. The van der Waals surface area contributed by atoms with Crippen molar-refractivity contribution in [1.29, 1.82) is 0 Å². The highest BCUT2D eigenvalue weighted by molar-refractivity contribution is 5.82. The van der Waals surface area contributed by atoms with Crippen molar-refractivity contribution in [2.45, 2.75) is 39.0 Å². The smallest absolute Gasteiger partial charge is 0.223 e. The van der Waals surface area contributed by atoms with Gasteiger partial charge in [-0.3, -0.25) is 4.79 Å². The maximum atomic E-state index is 11.9. The molecule has 2 aliphatic carbocycles. The second kappa shape index (κ2) is 5.17. The highest BCUT2D eigenvalue weighted by atomic mass is 16.3. The van der Waals surface area contributed by atoms with E-state index in [0.717, 1.165) is 13.0 Å². The van der Waals surface area contributed by atoms with E-state index in [4.69, 9.17) is 5.11 Å². The summed E-state index contributed by atoms with van der Waals surface area (Å²) in [6.07, 6.45) is 5.92. The highest BCUT2D eigenvalue weighted by Crippen LogP contribution is 2.55. The van der Waals surface area contributed by atoms with Crippen molar-refractivity contribution in [2.24, 2.45) is 23.7 Å². The van der Waals surface area contributed by atoms with Gasteiger partial charge in [0.25, 0.3) is 0 Å². The summed E-state index contributed by atoms with van der Waals surface area (Å²) in [6.45, 7) is 3.00. The Balaban J connectivity index is 1.69. The molecular weight excluding hydrogens is 202 g/mol. The van der Waals surface area contributed by atoms with Gasteiger partial charge in [0, 0.05) is 19.1 Å². The van der Waals surface area contributed by atoms with Gasteiger partial charge in [-0.2, -0.15) is 0 Å². The molecular formula is C13H23NO2. The first-order chi connectivity index (χ1) is 7.74. The SMILES string of the molecule is CC(CCO)CNC(=O)C1C2CCCCC21. The van der Waals surface area contributed by atoms with Crippen LogP contribution in [0, 0.1) is 23.7 Å². The molecule has 0 aromatic heterocycles. The maximum Gasteiger partial charge on any atom is 0.223 e. The Kier molecular flexibility index (Phi) is 3.85. The van der Waals surface area contributed by atoms with E-state index in [0.29, 0.717) is 23.7 Å². The number of carbonyl (C=O) groups excluding carboxylic acids is 1. The molecule has 16 heavy (non-hydrogen) atoms. The van der Waals surface area contributed by atoms with Crippen LogP contribution in [0.15, 0.2) is 0 Å². The Morgan fingerprint density at radius 2 is 2.00 bits per heavy atom. The van der Waals surface area contributed by atoms with Crippen LogP contribution >= 0.6 is 0 Å². The molecule has 0 spiro atoms. The van der Waals surface area contributed by atoms with Crippen LogP contribution in [0.25, 0.3) is 0 Å².